The minimum absolute atomic E-state index is 0.154. The van der Waals surface area contributed by atoms with Gasteiger partial charge in [-0.05, 0) is 30.7 Å². The van der Waals surface area contributed by atoms with E-state index in [4.69, 9.17) is 9.47 Å². The van der Waals surface area contributed by atoms with Gasteiger partial charge >= 0.3 is 0 Å². The molecule has 0 spiro atoms. The molecular weight excluding hydrogens is 396 g/mol. The van der Waals surface area contributed by atoms with Crippen molar-refractivity contribution in [2.75, 3.05) is 44.8 Å². The highest BCUT2D eigenvalue weighted by molar-refractivity contribution is 6.46. The zero-order valence-electron chi connectivity index (χ0n) is 19.0. The number of hydrogen-bond donors (Lipinski definition) is 1. The molecule has 2 aromatic rings. The van der Waals surface area contributed by atoms with E-state index in [0.29, 0.717) is 29.3 Å². The SMILES string of the molecule is Cc1cc(OCCN2CCOCC2)ccc1C(=O)C(=O)Nc1cc(C(C)(C)C)nn1C. The van der Waals surface area contributed by atoms with Gasteiger partial charge in [-0.15, -0.1) is 0 Å². The molecule has 168 valence electrons. The summed E-state index contributed by atoms with van der Waals surface area (Å²) in [6.45, 7) is 12.7. The fourth-order valence-electron chi connectivity index (χ4n) is 3.34. The Labute approximate surface area is 183 Å². The average molecular weight is 429 g/mol. The van der Waals surface area contributed by atoms with E-state index in [1.54, 1.807) is 42.9 Å². The topological polar surface area (TPSA) is 85.7 Å². The lowest BCUT2D eigenvalue weighted by molar-refractivity contribution is -0.112. The van der Waals surface area contributed by atoms with Gasteiger partial charge in [-0.2, -0.15) is 5.10 Å². The highest BCUT2D eigenvalue weighted by Crippen LogP contribution is 2.24. The fraction of sp³-hybridized carbons (Fsp3) is 0.522. The van der Waals surface area contributed by atoms with Crippen LogP contribution < -0.4 is 10.1 Å². The van der Waals surface area contributed by atoms with Crippen LogP contribution in [0, 0.1) is 6.92 Å². The number of benzene rings is 1. The van der Waals surface area contributed by atoms with Crippen molar-refractivity contribution in [2.24, 2.45) is 7.05 Å². The van der Waals surface area contributed by atoms with Gasteiger partial charge < -0.3 is 14.8 Å². The lowest BCUT2D eigenvalue weighted by Crippen LogP contribution is -2.38. The number of nitrogens with zero attached hydrogens (tertiary/aromatic N) is 3. The van der Waals surface area contributed by atoms with Crippen molar-refractivity contribution in [1.29, 1.82) is 0 Å². The molecular formula is C23H32N4O4. The van der Waals surface area contributed by atoms with Gasteiger partial charge in [0.25, 0.3) is 11.7 Å². The van der Waals surface area contributed by atoms with Crippen LogP contribution in [0.25, 0.3) is 0 Å². The van der Waals surface area contributed by atoms with Crippen molar-refractivity contribution < 1.29 is 19.1 Å². The maximum Gasteiger partial charge on any atom is 0.297 e. The van der Waals surface area contributed by atoms with Crippen molar-refractivity contribution in [1.82, 2.24) is 14.7 Å². The van der Waals surface area contributed by atoms with Crippen molar-refractivity contribution in [2.45, 2.75) is 33.1 Å². The highest BCUT2D eigenvalue weighted by atomic mass is 16.5. The largest absolute Gasteiger partial charge is 0.492 e. The van der Waals surface area contributed by atoms with Crippen LogP contribution in [-0.2, 0) is 22.0 Å². The number of aromatic nitrogens is 2. The third kappa shape index (κ3) is 5.92. The number of carbonyl (C=O) groups excluding carboxylic acids is 2. The zero-order chi connectivity index (χ0) is 22.6. The number of rotatable bonds is 7. The van der Waals surface area contributed by atoms with Crippen LogP contribution in [0.4, 0.5) is 5.82 Å². The van der Waals surface area contributed by atoms with Crippen LogP contribution >= 0.6 is 0 Å². The number of nitrogens with one attached hydrogen (secondary N) is 1. The first-order valence-electron chi connectivity index (χ1n) is 10.6. The molecule has 0 aliphatic carbocycles. The Balaban J connectivity index is 1.59. The van der Waals surface area contributed by atoms with E-state index in [2.05, 4.69) is 15.3 Å². The number of ether oxygens (including phenoxy) is 2. The number of carbonyl (C=O) groups is 2. The molecule has 0 unspecified atom stereocenters. The molecule has 1 aromatic carbocycles. The van der Waals surface area contributed by atoms with Crippen LogP contribution in [0.3, 0.4) is 0 Å². The summed E-state index contributed by atoms with van der Waals surface area (Å²) in [5.41, 5.74) is 1.74. The summed E-state index contributed by atoms with van der Waals surface area (Å²) in [6, 6.07) is 6.96. The Morgan fingerprint density at radius 1 is 1.19 bits per heavy atom. The van der Waals surface area contributed by atoms with Crippen LogP contribution in [0.2, 0.25) is 0 Å². The summed E-state index contributed by atoms with van der Waals surface area (Å²) in [5, 5.41) is 7.10. The van der Waals surface area contributed by atoms with E-state index in [9.17, 15) is 9.59 Å². The molecule has 31 heavy (non-hydrogen) atoms. The zero-order valence-corrected chi connectivity index (χ0v) is 19.0. The third-order valence-electron chi connectivity index (χ3n) is 5.32. The number of morpholine rings is 1. The Kier molecular flexibility index (Phi) is 7.12. The number of amides is 1. The molecule has 0 atom stereocenters. The maximum atomic E-state index is 12.7. The van der Waals surface area contributed by atoms with Gasteiger partial charge in [0, 0.05) is 43.7 Å². The van der Waals surface area contributed by atoms with E-state index < -0.39 is 11.7 Å². The Morgan fingerprint density at radius 3 is 2.52 bits per heavy atom. The second-order valence-electron chi connectivity index (χ2n) is 8.85. The number of ketones is 1. The first-order chi connectivity index (χ1) is 14.6. The molecule has 1 saturated heterocycles. The molecule has 1 aliphatic heterocycles. The van der Waals surface area contributed by atoms with Gasteiger partial charge in [0.15, 0.2) is 0 Å². The molecule has 0 bridgehead atoms. The van der Waals surface area contributed by atoms with Crippen molar-refractivity contribution >= 4 is 17.5 Å². The molecule has 1 amide bonds. The minimum Gasteiger partial charge on any atom is -0.492 e. The maximum absolute atomic E-state index is 12.7. The van der Waals surface area contributed by atoms with Crippen LogP contribution in [0.15, 0.2) is 24.3 Å². The van der Waals surface area contributed by atoms with E-state index in [1.807, 2.05) is 20.8 Å². The van der Waals surface area contributed by atoms with Crippen LogP contribution in [-0.4, -0.2) is 65.8 Å². The predicted octanol–water partition coefficient (Wildman–Crippen LogP) is 2.56. The first-order valence-corrected chi connectivity index (χ1v) is 10.6. The minimum atomic E-state index is -0.687. The monoisotopic (exact) mass is 428 g/mol. The van der Waals surface area contributed by atoms with Crippen molar-refractivity contribution in [3.63, 3.8) is 0 Å². The van der Waals surface area contributed by atoms with Crippen LogP contribution in [0.1, 0.15) is 42.4 Å². The van der Waals surface area contributed by atoms with Gasteiger partial charge in [0.2, 0.25) is 0 Å². The third-order valence-corrected chi connectivity index (χ3v) is 5.32. The Morgan fingerprint density at radius 2 is 1.90 bits per heavy atom. The molecule has 1 aliphatic rings. The molecule has 0 radical (unpaired) electrons. The van der Waals surface area contributed by atoms with Gasteiger partial charge in [-0.25, -0.2) is 0 Å². The second kappa shape index (κ2) is 9.62. The fourth-order valence-corrected chi connectivity index (χ4v) is 3.34. The molecule has 0 saturated carbocycles. The first kappa shape index (κ1) is 23.0. The summed E-state index contributed by atoms with van der Waals surface area (Å²) in [5.74, 6) is -0.100. The van der Waals surface area contributed by atoms with E-state index in [0.717, 1.165) is 38.5 Å². The van der Waals surface area contributed by atoms with Crippen molar-refractivity contribution in [3.05, 3.63) is 41.1 Å². The number of aryl methyl sites for hydroxylation is 2. The normalized spacial score (nSPS) is 15.0. The molecule has 8 heteroatoms. The summed E-state index contributed by atoms with van der Waals surface area (Å²) < 4.78 is 12.7. The quantitative estimate of drug-likeness (QED) is 0.539. The summed E-state index contributed by atoms with van der Waals surface area (Å²) in [7, 11) is 1.74. The lowest BCUT2D eigenvalue weighted by atomic mass is 9.92. The lowest BCUT2D eigenvalue weighted by Gasteiger charge is -2.26. The standard InChI is InChI=1S/C23H32N4O4/c1-16-14-17(31-13-10-27-8-11-30-12-9-27)6-7-18(16)21(28)22(29)24-20-15-19(23(2,3)4)25-26(20)5/h6-7,14-15H,8-13H2,1-5H3,(H,24,29). The average Bonchev–Trinajstić information content (AvgIpc) is 3.09. The van der Waals surface area contributed by atoms with Gasteiger partial charge in [-0.1, -0.05) is 20.8 Å². The Bertz CT molecular complexity index is 940. The van der Waals surface area contributed by atoms with Gasteiger partial charge in [-0.3, -0.25) is 19.2 Å². The van der Waals surface area contributed by atoms with Crippen LogP contribution in [0.5, 0.6) is 5.75 Å². The molecule has 2 heterocycles. The highest BCUT2D eigenvalue weighted by Gasteiger charge is 2.23. The number of Topliss-reactive ketones (excluding diaryl/α,β-unsaturated/α-hetero) is 1. The Hall–Kier alpha value is -2.71. The smallest absolute Gasteiger partial charge is 0.297 e. The molecule has 3 rings (SSSR count). The number of hydrogen-bond acceptors (Lipinski definition) is 6. The molecule has 8 nitrogen and oxygen atoms in total. The molecule has 1 fully saturated rings. The molecule has 1 N–H and O–H groups in total. The summed E-state index contributed by atoms with van der Waals surface area (Å²) >= 11 is 0. The molecule has 1 aromatic heterocycles. The number of anilines is 1. The van der Waals surface area contributed by atoms with E-state index >= 15 is 0 Å². The van der Waals surface area contributed by atoms with E-state index in [-0.39, 0.29) is 5.41 Å². The second-order valence-corrected chi connectivity index (χ2v) is 8.85. The summed E-state index contributed by atoms with van der Waals surface area (Å²) in [6.07, 6.45) is 0. The predicted molar refractivity (Wildman–Crippen MR) is 119 cm³/mol. The van der Waals surface area contributed by atoms with Gasteiger partial charge in [0.1, 0.15) is 18.2 Å². The summed E-state index contributed by atoms with van der Waals surface area (Å²) in [4.78, 5) is 27.6. The van der Waals surface area contributed by atoms with Crippen molar-refractivity contribution in [3.8, 4) is 5.75 Å². The van der Waals surface area contributed by atoms with E-state index in [1.165, 1.54) is 0 Å². The van der Waals surface area contributed by atoms with Gasteiger partial charge in [0.05, 0.1) is 18.9 Å².